The number of quaternary nitrogens is 1. The molecule has 104 valence electrons. The van der Waals surface area contributed by atoms with E-state index in [1.165, 1.54) is 25.7 Å². The van der Waals surface area contributed by atoms with E-state index >= 15 is 0 Å². The Morgan fingerprint density at radius 1 is 1.17 bits per heavy atom. The Kier molecular flexibility index (Phi) is 3.41. The zero-order valence-corrected chi connectivity index (χ0v) is 12.1. The molecule has 1 N–H and O–H groups in total. The molecule has 2 aliphatic carbocycles. The molecule has 0 aromatic carbocycles. The van der Waals surface area contributed by atoms with Gasteiger partial charge in [-0.1, -0.05) is 0 Å². The second-order valence-electron chi connectivity index (χ2n) is 6.24. The van der Waals surface area contributed by atoms with Crippen molar-refractivity contribution in [2.45, 2.75) is 38.6 Å². The smallest absolute Gasteiger partial charge is 0.214 e. The number of rotatable bonds is 3. The molecule has 0 radical (unpaired) electrons. The van der Waals surface area contributed by atoms with E-state index in [0.717, 1.165) is 44.1 Å². The van der Waals surface area contributed by atoms with Gasteiger partial charge in [0.15, 0.2) is 0 Å². The second kappa shape index (κ2) is 4.76. The van der Waals surface area contributed by atoms with Gasteiger partial charge in [0.05, 0.1) is 38.0 Å². The normalized spacial score (nSPS) is 38.4. The molecule has 3 rings (SSSR count). The van der Waals surface area contributed by atoms with Crippen molar-refractivity contribution >= 4 is 10.0 Å². The van der Waals surface area contributed by atoms with Crippen molar-refractivity contribution in [3.05, 3.63) is 0 Å². The summed E-state index contributed by atoms with van der Waals surface area (Å²) in [5, 5.41) is 0. The molecule has 1 saturated heterocycles. The fraction of sp³-hybridized carbons (Fsp3) is 1.00. The van der Waals surface area contributed by atoms with Crippen LogP contribution in [0.5, 0.6) is 0 Å². The van der Waals surface area contributed by atoms with E-state index in [1.54, 1.807) is 16.1 Å². The van der Waals surface area contributed by atoms with Crippen LogP contribution >= 0.6 is 0 Å². The second-order valence-corrected chi connectivity index (χ2v) is 8.50. The lowest BCUT2D eigenvalue weighted by Crippen LogP contribution is -3.18. The molecular weight excluding hydrogens is 248 g/mol. The Bertz CT molecular complexity index is 401. The zero-order chi connectivity index (χ0) is 12.8. The van der Waals surface area contributed by atoms with Crippen molar-refractivity contribution < 1.29 is 13.3 Å². The lowest BCUT2D eigenvalue weighted by Gasteiger charge is -2.37. The van der Waals surface area contributed by atoms with E-state index in [2.05, 4.69) is 0 Å². The zero-order valence-electron chi connectivity index (χ0n) is 11.3. The molecule has 2 bridgehead atoms. The van der Waals surface area contributed by atoms with Gasteiger partial charge in [-0.15, -0.1) is 0 Å². The van der Waals surface area contributed by atoms with Crippen LogP contribution in [0.1, 0.15) is 32.6 Å². The number of fused-ring (bicyclic) bond motifs is 2. The maximum atomic E-state index is 11.8. The number of hydrogen-bond acceptors (Lipinski definition) is 2. The third kappa shape index (κ3) is 2.21. The third-order valence-corrected chi connectivity index (χ3v) is 7.27. The Labute approximate surface area is 110 Å². The molecule has 1 heterocycles. The summed E-state index contributed by atoms with van der Waals surface area (Å²) in [7, 11) is -2.96. The Morgan fingerprint density at radius 2 is 1.89 bits per heavy atom. The number of nitrogens with zero attached hydrogens (tertiary/aromatic N) is 1. The van der Waals surface area contributed by atoms with Crippen LogP contribution in [-0.4, -0.2) is 50.7 Å². The fourth-order valence-corrected chi connectivity index (χ4v) is 5.45. The molecule has 0 aromatic heterocycles. The fourth-order valence-electron chi connectivity index (χ4n) is 4.35. The summed E-state index contributed by atoms with van der Waals surface area (Å²) >= 11 is 0. The van der Waals surface area contributed by atoms with E-state index in [4.69, 9.17) is 0 Å². The summed E-state index contributed by atoms with van der Waals surface area (Å²) in [5.41, 5.74) is 0. The van der Waals surface area contributed by atoms with Gasteiger partial charge in [-0.05, 0) is 32.1 Å². The monoisotopic (exact) mass is 273 g/mol. The van der Waals surface area contributed by atoms with Crippen LogP contribution in [0.25, 0.3) is 0 Å². The van der Waals surface area contributed by atoms with Gasteiger partial charge in [0.2, 0.25) is 10.0 Å². The first-order chi connectivity index (χ1) is 8.60. The summed E-state index contributed by atoms with van der Waals surface area (Å²) < 4.78 is 25.4. The van der Waals surface area contributed by atoms with Crippen molar-refractivity contribution in [3.8, 4) is 0 Å². The molecule has 0 spiro atoms. The van der Waals surface area contributed by atoms with Crippen molar-refractivity contribution in [3.63, 3.8) is 0 Å². The van der Waals surface area contributed by atoms with E-state index in [-0.39, 0.29) is 5.75 Å². The van der Waals surface area contributed by atoms with Gasteiger partial charge in [-0.25, -0.2) is 8.42 Å². The summed E-state index contributed by atoms with van der Waals surface area (Å²) in [4.78, 5) is 1.68. The maximum absolute atomic E-state index is 11.8. The molecule has 18 heavy (non-hydrogen) atoms. The van der Waals surface area contributed by atoms with Crippen LogP contribution in [0.2, 0.25) is 0 Å². The first-order valence-corrected chi connectivity index (χ1v) is 9.03. The first kappa shape index (κ1) is 12.9. The maximum Gasteiger partial charge on any atom is 0.214 e. The van der Waals surface area contributed by atoms with Gasteiger partial charge >= 0.3 is 0 Å². The third-order valence-electron chi connectivity index (χ3n) is 5.39. The molecule has 0 amide bonds. The summed E-state index contributed by atoms with van der Waals surface area (Å²) in [6, 6.07) is 0.843. The van der Waals surface area contributed by atoms with Gasteiger partial charge in [-0.3, -0.25) is 0 Å². The molecule has 1 aliphatic heterocycles. The van der Waals surface area contributed by atoms with Crippen LogP contribution < -0.4 is 4.90 Å². The minimum atomic E-state index is -2.96. The summed E-state index contributed by atoms with van der Waals surface area (Å²) in [5.74, 6) is 2.18. The lowest BCUT2D eigenvalue weighted by atomic mass is 9.93. The molecule has 2 saturated carbocycles. The standard InChI is InChI=1S/C13H24N2O2S/c1-2-18(16,17)15-7-5-14(6-8-15)13-10-11-3-4-12(13)9-11/h11-13H,2-10H2,1H3/p+1/t11-,12+,13-/m0/s1. The van der Waals surface area contributed by atoms with Crippen LogP contribution in [0, 0.1) is 11.8 Å². The highest BCUT2D eigenvalue weighted by molar-refractivity contribution is 7.89. The van der Waals surface area contributed by atoms with Crippen LogP contribution in [-0.2, 0) is 10.0 Å². The van der Waals surface area contributed by atoms with Crippen molar-refractivity contribution in [2.24, 2.45) is 11.8 Å². The number of hydrogen-bond donors (Lipinski definition) is 1. The molecule has 3 atom stereocenters. The minimum absolute atomic E-state index is 0.246. The largest absolute Gasteiger partial charge is 0.330 e. The predicted octanol–water partition coefficient (Wildman–Crippen LogP) is -0.275. The molecule has 3 aliphatic rings. The SMILES string of the molecule is CCS(=O)(=O)N1CC[NH+]([C@H]2C[C@H]3CC[C@@H]2C3)CC1. The van der Waals surface area contributed by atoms with Gasteiger partial charge < -0.3 is 4.90 Å². The van der Waals surface area contributed by atoms with E-state index < -0.39 is 10.0 Å². The highest BCUT2D eigenvalue weighted by atomic mass is 32.2. The van der Waals surface area contributed by atoms with Crippen molar-refractivity contribution in [2.75, 3.05) is 31.9 Å². The topological polar surface area (TPSA) is 41.8 Å². The van der Waals surface area contributed by atoms with E-state index in [0.29, 0.717) is 0 Å². The van der Waals surface area contributed by atoms with E-state index in [1.807, 2.05) is 0 Å². The van der Waals surface area contributed by atoms with Crippen LogP contribution in [0.4, 0.5) is 0 Å². The van der Waals surface area contributed by atoms with Gasteiger partial charge in [0.1, 0.15) is 0 Å². The molecule has 3 fully saturated rings. The first-order valence-electron chi connectivity index (χ1n) is 7.42. The van der Waals surface area contributed by atoms with Crippen LogP contribution in [0.15, 0.2) is 0 Å². The Morgan fingerprint density at radius 3 is 2.39 bits per heavy atom. The average Bonchev–Trinajstić information content (AvgIpc) is 3.01. The van der Waals surface area contributed by atoms with Gasteiger partial charge in [0, 0.05) is 12.3 Å². The molecule has 4 nitrogen and oxygen atoms in total. The summed E-state index contributed by atoms with van der Waals surface area (Å²) in [6.07, 6.45) is 5.73. The van der Waals surface area contributed by atoms with Gasteiger partial charge in [-0.2, -0.15) is 4.31 Å². The van der Waals surface area contributed by atoms with E-state index in [9.17, 15) is 8.42 Å². The predicted molar refractivity (Wildman–Crippen MR) is 71.0 cm³/mol. The molecular formula is C13H25N2O2S+. The lowest BCUT2D eigenvalue weighted by molar-refractivity contribution is -0.932. The summed E-state index contributed by atoms with van der Waals surface area (Å²) in [6.45, 7) is 5.25. The average molecular weight is 273 g/mol. The van der Waals surface area contributed by atoms with Crippen LogP contribution in [0.3, 0.4) is 0 Å². The molecule has 5 heteroatoms. The highest BCUT2D eigenvalue weighted by Crippen LogP contribution is 2.43. The number of sulfonamides is 1. The highest BCUT2D eigenvalue weighted by Gasteiger charge is 2.46. The number of piperazine rings is 1. The van der Waals surface area contributed by atoms with Gasteiger partial charge in [0.25, 0.3) is 0 Å². The Hall–Kier alpha value is -0.130. The van der Waals surface area contributed by atoms with Crippen molar-refractivity contribution in [1.82, 2.24) is 4.31 Å². The quantitative estimate of drug-likeness (QED) is 0.769. The molecule has 0 unspecified atom stereocenters. The minimum Gasteiger partial charge on any atom is -0.330 e. The number of nitrogens with one attached hydrogen (secondary N) is 1. The van der Waals surface area contributed by atoms with Crippen molar-refractivity contribution in [1.29, 1.82) is 0 Å². The Balaban J connectivity index is 1.58. The molecule has 0 aromatic rings.